The fourth-order valence-electron chi connectivity index (χ4n) is 3.06. The van der Waals surface area contributed by atoms with Crippen LogP contribution in [0.1, 0.15) is 38.8 Å². The molecule has 10 heteroatoms. The lowest BCUT2D eigenvalue weighted by atomic mass is 10.1. The van der Waals surface area contributed by atoms with Gasteiger partial charge in [-0.2, -0.15) is 0 Å². The number of guanidine groups is 1. The lowest BCUT2D eigenvalue weighted by molar-refractivity contribution is 0.287. The van der Waals surface area contributed by atoms with Gasteiger partial charge in [0.15, 0.2) is 17.5 Å². The summed E-state index contributed by atoms with van der Waals surface area (Å²) < 4.78 is 36.5. The van der Waals surface area contributed by atoms with Crippen LogP contribution in [-0.4, -0.2) is 64.3 Å². The Kier molecular flexibility index (Phi) is 11.0. The molecule has 1 saturated heterocycles. The van der Waals surface area contributed by atoms with Gasteiger partial charge in [-0.05, 0) is 44.9 Å². The molecule has 1 atom stereocenters. The quantitative estimate of drug-likeness (QED) is 0.284. The third-order valence-corrected chi connectivity index (χ3v) is 6.46. The van der Waals surface area contributed by atoms with Gasteiger partial charge < -0.3 is 20.1 Å². The van der Waals surface area contributed by atoms with Crippen molar-refractivity contribution >= 4 is 40.0 Å². The third kappa shape index (κ3) is 7.49. The molecule has 1 aliphatic rings. The first kappa shape index (κ1) is 25.8. The van der Waals surface area contributed by atoms with Crippen molar-refractivity contribution in [1.29, 1.82) is 0 Å². The largest absolute Gasteiger partial charge is 0.490 e. The van der Waals surface area contributed by atoms with E-state index in [1.807, 2.05) is 39.0 Å². The molecule has 29 heavy (non-hydrogen) atoms. The maximum atomic E-state index is 11.9. The van der Waals surface area contributed by atoms with Crippen LogP contribution in [0.2, 0.25) is 0 Å². The maximum absolute atomic E-state index is 11.9. The molecule has 1 aromatic carbocycles. The van der Waals surface area contributed by atoms with Gasteiger partial charge in [-0.1, -0.05) is 6.07 Å². The van der Waals surface area contributed by atoms with E-state index in [1.54, 1.807) is 7.05 Å². The first-order chi connectivity index (χ1) is 13.4. The Bertz CT molecular complexity index is 773. The zero-order valence-electron chi connectivity index (χ0n) is 17.6. The summed E-state index contributed by atoms with van der Waals surface area (Å²) in [5.74, 6) is 2.32. The predicted molar refractivity (Wildman–Crippen MR) is 127 cm³/mol. The molecule has 2 N–H and O–H groups in total. The molecule has 0 radical (unpaired) electrons. The molecular weight excluding hydrogens is 507 g/mol. The summed E-state index contributed by atoms with van der Waals surface area (Å²) in [6, 6.07) is 5.86. The minimum Gasteiger partial charge on any atom is -0.490 e. The van der Waals surface area contributed by atoms with E-state index in [0.717, 1.165) is 17.1 Å². The molecule has 2 rings (SSSR count). The zero-order valence-corrected chi connectivity index (χ0v) is 20.7. The van der Waals surface area contributed by atoms with Gasteiger partial charge in [0.1, 0.15) is 0 Å². The molecule has 8 nitrogen and oxygen atoms in total. The lowest BCUT2D eigenvalue weighted by Gasteiger charge is -2.21. The second-order valence-corrected chi connectivity index (χ2v) is 8.59. The van der Waals surface area contributed by atoms with Gasteiger partial charge in [0, 0.05) is 26.7 Å². The molecule has 0 amide bonds. The van der Waals surface area contributed by atoms with Crippen molar-refractivity contribution < 1.29 is 17.9 Å². The van der Waals surface area contributed by atoms with Crippen molar-refractivity contribution in [1.82, 2.24) is 14.9 Å². The minimum absolute atomic E-state index is 0. The highest BCUT2D eigenvalue weighted by Gasteiger charge is 2.27. The Morgan fingerprint density at radius 2 is 1.93 bits per heavy atom. The van der Waals surface area contributed by atoms with Crippen LogP contribution in [0.25, 0.3) is 0 Å². The number of nitrogens with zero attached hydrogens (tertiary/aromatic N) is 2. The summed E-state index contributed by atoms with van der Waals surface area (Å²) in [7, 11) is -1.38. The fourth-order valence-corrected chi connectivity index (χ4v) is 4.59. The van der Waals surface area contributed by atoms with Crippen molar-refractivity contribution in [3.8, 4) is 11.5 Å². The number of sulfonamides is 1. The van der Waals surface area contributed by atoms with Gasteiger partial charge in [0.25, 0.3) is 0 Å². The van der Waals surface area contributed by atoms with Crippen LogP contribution in [0.4, 0.5) is 0 Å². The molecule has 0 bridgehead atoms. The predicted octanol–water partition coefficient (Wildman–Crippen LogP) is 2.36. The van der Waals surface area contributed by atoms with Gasteiger partial charge in [-0.3, -0.25) is 4.99 Å². The molecule has 1 unspecified atom stereocenters. The molecule has 0 saturated carbocycles. The van der Waals surface area contributed by atoms with Crippen molar-refractivity contribution in [2.24, 2.45) is 4.99 Å². The van der Waals surface area contributed by atoms with E-state index in [4.69, 9.17) is 9.47 Å². The van der Waals surface area contributed by atoms with Crippen molar-refractivity contribution in [2.75, 3.05) is 45.6 Å². The highest BCUT2D eigenvalue weighted by atomic mass is 127. The van der Waals surface area contributed by atoms with E-state index in [2.05, 4.69) is 15.6 Å². The number of hydrogen-bond donors (Lipinski definition) is 2. The molecule has 1 fully saturated rings. The highest BCUT2D eigenvalue weighted by molar-refractivity contribution is 14.0. The summed E-state index contributed by atoms with van der Waals surface area (Å²) >= 11 is 0. The van der Waals surface area contributed by atoms with E-state index >= 15 is 0 Å². The SMILES string of the molecule is CCOc1ccc(C(C)NC(=NC)NCCN2CCCS2(=O)=O)cc1OCC.I. The molecule has 166 valence electrons. The molecule has 0 spiro atoms. The zero-order chi connectivity index (χ0) is 20.6. The van der Waals surface area contributed by atoms with Gasteiger partial charge >= 0.3 is 0 Å². The molecule has 0 aromatic heterocycles. The van der Waals surface area contributed by atoms with Crippen LogP contribution in [-0.2, 0) is 10.0 Å². The van der Waals surface area contributed by atoms with Crippen LogP contribution < -0.4 is 20.1 Å². The summed E-state index contributed by atoms with van der Waals surface area (Å²) in [6.07, 6.45) is 0.701. The Hall–Kier alpha value is -1.27. The molecule has 1 heterocycles. The molecule has 0 aliphatic carbocycles. The van der Waals surface area contributed by atoms with Crippen LogP contribution in [0.5, 0.6) is 11.5 Å². The third-order valence-electron chi connectivity index (χ3n) is 4.50. The number of aliphatic imine (C=N–C) groups is 1. The van der Waals surface area contributed by atoms with E-state index in [1.165, 1.54) is 4.31 Å². The number of nitrogens with one attached hydrogen (secondary N) is 2. The summed E-state index contributed by atoms with van der Waals surface area (Å²) in [4.78, 5) is 4.23. The van der Waals surface area contributed by atoms with E-state index in [0.29, 0.717) is 45.2 Å². The normalized spacial score (nSPS) is 17.3. The van der Waals surface area contributed by atoms with Crippen molar-refractivity contribution in [3.05, 3.63) is 23.8 Å². The Morgan fingerprint density at radius 3 is 2.52 bits per heavy atom. The first-order valence-electron chi connectivity index (χ1n) is 9.75. The Morgan fingerprint density at radius 1 is 1.24 bits per heavy atom. The molecular formula is C19H33IN4O4S. The van der Waals surface area contributed by atoms with Crippen LogP contribution >= 0.6 is 24.0 Å². The Balaban J connectivity index is 0.00000420. The lowest BCUT2D eigenvalue weighted by Crippen LogP contribution is -2.42. The van der Waals surface area contributed by atoms with Crippen LogP contribution in [0.15, 0.2) is 23.2 Å². The number of ether oxygens (including phenoxy) is 2. The Labute approximate surface area is 191 Å². The van der Waals surface area contributed by atoms with Gasteiger partial charge in [0.05, 0.1) is 25.0 Å². The average molecular weight is 540 g/mol. The number of benzene rings is 1. The summed E-state index contributed by atoms with van der Waals surface area (Å²) in [5.41, 5.74) is 1.04. The van der Waals surface area contributed by atoms with Crippen LogP contribution in [0, 0.1) is 0 Å². The smallest absolute Gasteiger partial charge is 0.214 e. The molecule has 1 aromatic rings. The van der Waals surface area contributed by atoms with Crippen molar-refractivity contribution in [3.63, 3.8) is 0 Å². The maximum Gasteiger partial charge on any atom is 0.214 e. The number of rotatable bonds is 9. The van der Waals surface area contributed by atoms with E-state index < -0.39 is 10.0 Å². The fraction of sp³-hybridized carbons (Fsp3) is 0.632. The van der Waals surface area contributed by atoms with Crippen LogP contribution in [0.3, 0.4) is 0 Å². The van der Waals surface area contributed by atoms with E-state index in [-0.39, 0.29) is 35.8 Å². The van der Waals surface area contributed by atoms with Gasteiger partial charge in [-0.15, -0.1) is 24.0 Å². The average Bonchev–Trinajstić information content (AvgIpc) is 3.00. The number of hydrogen-bond acceptors (Lipinski definition) is 5. The van der Waals surface area contributed by atoms with Crippen molar-refractivity contribution in [2.45, 2.75) is 33.2 Å². The monoisotopic (exact) mass is 540 g/mol. The van der Waals surface area contributed by atoms with Gasteiger partial charge in [0.2, 0.25) is 10.0 Å². The first-order valence-corrected chi connectivity index (χ1v) is 11.4. The second-order valence-electron chi connectivity index (χ2n) is 6.51. The summed E-state index contributed by atoms with van der Waals surface area (Å²) in [6.45, 7) is 8.59. The standard InChI is InChI=1S/C19H32N4O4S.HI/c1-5-26-17-9-8-16(14-18(17)27-6-2)15(3)22-19(20-4)21-10-12-23-11-7-13-28(23,24)25;/h8-9,14-15H,5-7,10-13H2,1-4H3,(H2,20,21,22);1H. The summed E-state index contributed by atoms with van der Waals surface area (Å²) in [5, 5.41) is 6.51. The van der Waals surface area contributed by atoms with E-state index in [9.17, 15) is 8.42 Å². The van der Waals surface area contributed by atoms with Gasteiger partial charge in [-0.25, -0.2) is 12.7 Å². The minimum atomic E-state index is -3.07. The topological polar surface area (TPSA) is 92.3 Å². The molecule has 1 aliphatic heterocycles. The highest BCUT2D eigenvalue weighted by Crippen LogP contribution is 2.30. The number of halogens is 1. The second kappa shape index (κ2) is 12.4.